The summed E-state index contributed by atoms with van der Waals surface area (Å²) in [6.45, 7) is 0. The summed E-state index contributed by atoms with van der Waals surface area (Å²) in [5.41, 5.74) is 1.65. The van der Waals surface area contributed by atoms with Crippen molar-refractivity contribution >= 4 is 54.3 Å². The molecule has 1 nitrogen and oxygen atoms in total. The van der Waals surface area contributed by atoms with E-state index in [1.54, 1.807) is 78.9 Å². The lowest BCUT2D eigenvalue weighted by atomic mass is 9.83. The fourth-order valence-corrected chi connectivity index (χ4v) is 6.19. The fourth-order valence-electron chi connectivity index (χ4n) is 6.19. The van der Waals surface area contributed by atoms with Gasteiger partial charge in [0.05, 0.1) is 17.8 Å². The van der Waals surface area contributed by atoms with Gasteiger partial charge in [0, 0.05) is 10.8 Å². The van der Waals surface area contributed by atoms with Crippen molar-refractivity contribution in [2.24, 2.45) is 0 Å². The zero-order chi connectivity index (χ0) is 39.6. The topological polar surface area (TPSA) is 13.1 Å². The predicted molar refractivity (Wildman–Crippen MR) is 183 cm³/mol. The van der Waals surface area contributed by atoms with Crippen molar-refractivity contribution in [1.29, 1.82) is 0 Å². The quantitative estimate of drug-likeness (QED) is 0.196. The Morgan fingerprint density at radius 2 is 0.884 bits per heavy atom. The average Bonchev–Trinajstić information content (AvgIpc) is 3.60. The normalized spacial score (nSPS) is 16.0. The van der Waals surface area contributed by atoms with Gasteiger partial charge in [0.25, 0.3) is 0 Å². The number of fused-ring (bicyclic) bond motifs is 6. The minimum atomic E-state index is -0.563. The van der Waals surface area contributed by atoms with Gasteiger partial charge >= 0.3 is 0 Å². The molecule has 0 bridgehead atoms. The number of benzene rings is 8. The van der Waals surface area contributed by atoms with E-state index >= 15 is 0 Å². The van der Waals surface area contributed by atoms with Crippen LogP contribution in [-0.4, -0.2) is 0 Å². The molecule has 0 radical (unpaired) electrons. The van der Waals surface area contributed by atoms with Crippen molar-refractivity contribution in [1.82, 2.24) is 0 Å². The Morgan fingerprint density at radius 3 is 1.56 bits per heavy atom. The summed E-state index contributed by atoms with van der Waals surface area (Å²) >= 11 is 0. The predicted octanol–water partition coefficient (Wildman–Crippen LogP) is 12.0. The zero-order valence-corrected chi connectivity index (χ0v) is 22.4. The van der Waals surface area contributed by atoms with E-state index in [1.807, 2.05) is 0 Å². The van der Waals surface area contributed by atoms with Crippen LogP contribution < -0.4 is 0 Å². The molecule has 0 aliphatic rings. The number of hydrogen-bond donors (Lipinski definition) is 0. The molecule has 0 N–H and O–H groups in total. The van der Waals surface area contributed by atoms with Crippen LogP contribution in [0.4, 0.5) is 0 Å². The number of rotatable bonds is 3. The van der Waals surface area contributed by atoms with Crippen LogP contribution in [0.3, 0.4) is 0 Å². The summed E-state index contributed by atoms with van der Waals surface area (Å²) in [7, 11) is 0. The Morgan fingerprint density at radius 1 is 0.395 bits per heavy atom. The first-order valence-electron chi connectivity index (χ1n) is 20.2. The molecular formula is C42H26O. The average molecular weight is 560 g/mol. The van der Waals surface area contributed by atoms with Crippen LogP contribution in [0.5, 0.6) is 0 Å². The standard InChI is InChI=1S/C42H26O/c1-2-13-28(14-3-1)30-22-11-25-37-41(30)42-36(24-12-26-38(42)43-37)40-34-20-8-6-18-32(34)39(33-19-7-9-21-35(33)40)31-23-10-16-27-15-4-5-17-29(27)31/h1-26H/i4D,5D,10D,11D,12D,15D,16D,17D,22D,23D,24D,25D,26D. The molecule has 0 aliphatic heterocycles. The lowest BCUT2D eigenvalue weighted by molar-refractivity contribution is 0.669. The van der Waals surface area contributed by atoms with Gasteiger partial charge in [-0.2, -0.15) is 0 Å². The molecule has 8 aromatic carbocycles. The summed E-state index contributed by atoms with van der Waals surface area (Å²) < 4.78 is 122. The summed E-state index contributed by atoms with van der Waals surface area (Å²) in [4.78, 5) is 0. The minimum Gasteiger partial charge on any atom is -0.456 e. The van der Waals surface area contributed by atoms with Crippen LogP contribution in [0.25, 0.3) is 87.6 Å². The van der Waals surface area contributed by atoms with Crippen LogP contribution in [0.15, 0.2) is 162 Å². The lowest BCUT2D eigenvalue weighted by Crippen LogP contribution is -1.92. The molecule has 0 atom stereocenters. The van der Waals surface area contributed by atoms with Crippen LogP contribution >= 0.6 is 0 Å². The largest absolute Gasteiger partial charge is 0.456 e. The molecule has 0 unspecified atom stereocenters. The van der Waals surface area contributed by atoms with E-state index in [0.717, 1.165) is 0 Å². The Balaban J connectivity index is 1.56. The molecule has 1 aromatic heterocycles. The van der Waals surface area contributed by atoms with Crippen molar-refractivity contribution in [3.63, 3.8) is 0 Å². The SMILES string of the molecule is [2H]c1c([2H])c(-c2ccccc2)c2c(oc3c([2H])c([2H])c([2H])c(-c4c5ccccc5c(-c5c([2H])c([2H])c([2H])c6c([2H])c([2H])c([2H])c([2H])c56)c5ccccc45)c32)c1[2H]. The fraction of sp³-hybridized carbons (Fsp3) is 0. The maximum Gasteiger partial charge on any atom is 0.136 e. The van der Waals surface area contributed by atoms with Gasteiger partial charge in [0.2, 0.25) is 0 Å². The third kappa shape index (κ3) is 3.58. The van der Waals surface area contributed by atoms with E-state index in [1.165, 1.54) is 0 Å². The summed E-state index contributed by atoms with van der Waals surface area (Å²) in [6.07, 6.45) is 0. The first-order valence-corrected chi connectivity index (χ1v) is 13.7. The van der Waals surface area contributed by atoms with Gasteiger partial charge in [-0.15, -0.1) is 0 Å². The molecule has 9 rings (SSSR count). The highest BCUT2D eigenvalue weighted by atomic mass is 16.3. The Bertz CT molecular complexity index is 3160. The van der Waals surface area contributed by atoms with Gasteiger partial charge in [-0.3, -0.25) is 0 Å². The summed E-state index contributed by atoms with van der Waals surface area (Å²) in [5, 5.41) is 2.12. The maximum atomic E-state index is 9.51. The number of furan rings is 1. The first kappa shape index (κ1) is 14.5. The van der Waals surface area contributed by atoms with Crippen molar-refractivity contribution in [2.75, 3.05) is 0 Å². The highest BCUT2D eigenvalue weighted by Gasteiger charge is 2.22. The van der Waals surface area contributed by atoms with Gasteiger partial charge in [0.1, 0.15) is 11.2 Å². The molecule has 43 heavy (non-hydrogen) atoms. The second-order valence-corrected chi connectivity index (χ2v) is 10.2. The first-order chi connectivity index (χ1) is 26.8. The van der Waals surface area contributed by atoms with Gasteiger partial charge in [0.15, 0.2) is 0 Å². The molecule has 0 saturated heterocycles. The van der Waals surface area contributed by atoms with E-state index < -0.39 is 54.4 Å². The third-order valence-corrected chi connectivity index (χ3v) is 7.94. The monoisotopic (exact) mass is 559 g/mol. The van der Waals surface area contributed by atoms with E-state index in [0.29, 0.717) is 38.2 Å². The Labute approximate surface area is 267 Å². The summed E-state index contributed by atoms with van der Waals surface area (Å²) in [6, 6.07) is 17.3. The van der Waals surface area contributed by atoms with Gasteiger partial charge in [-0.1, -0.05) is 145 Å². The smallest absolute Gasteiger partial charge is 0.136 e. The van der Waals surface area contributed by atoms with E-state index in [9.17, 15) is 2.74 Å². The molecule has 1 heterocycles. The van der Waals surface area contributed by atoms with Crippen molar-refractivity contribution < 1.29 is 22.2 Å². The second kappa shape index (κ2) is 9.44. The highest BCUT2D eigenvalue weighted by Crippen LogP contribution is 2.48. The number of hydrogen-bond acceptors (Lipinski definition) is 1. The van der Waals surface area contributed by atoms with Crippen LogP contribution in [0.2, 0.25) is 0 Å². The van der Waals surface area contributed by atoms with Crippen LogP contribution in [-0.2, 0) is 0 Å². The van der Waals surface area contributed by atoms with E-state index in [2.05, 4.69) is 0 Å². The highest BCUT2D eigenvalue weighted by molar-refractivity contribution is 6.27. The molecule has 0 spiro atoms. The van der Waals surface area contributed by atoms with Crippen LogP contribution in [0, 0.1) is 0 Å². The van der Waals surface area contributed by atoms with Crippen molar-refractivity contribution in [2.45, 2.75) is 0 Å². The van der Waals surface area contributed by atoms with Crippen molar-refractivity contribution in [3.05, 3.63) is 157 Å². The molecule has 0 saturated carbocycles. The molecule has 0 aliphatic carbocycles. The van der Waals surface area contributed by atoms with Gasteiger partial charge in [-0.25, -0.2) is 0 Å². The molecule has 0 amide bonds. The van der Waals surface area contributed by atoms with E-state index in [-0.39, 0.29) is 73.6 Å². The molecular weight excluding hydrogens is 520 g/mol. The molecule has 0 fully saturated rings. The molecule has 1 heteroatoms. The molecule has 9 aromatic rings. The second-order valence-electron chi connectivity index (χ2n) is 10.2. The van der Waals surface area contributed by atoms with E-state index in [4.69, 9.17) is 19.5 Å². The maximum absolute atomic E-state index is 9.51. The third-order valence-electron chi connectivity index (χ3n) is 7.94. The van der Waals surface area contributed by atoms with Gasteiger partial charge < -0.3 is 4.42 Å². The minimum absolute atomic E-state index is 0.0340. The Hall–Kier alpha value is -5.66. The van der Waals surface area contributed by atoms with Crippen molar-refractivity contribution in [3.8, 4) is 33.4 Å². The summed E-state index contributed by atoms with van der Waals surface area (Å²) in [5.74, 6) is 0. The van der Waals surface area contributed by atoms with Crippen LogP contribution in [0.1, 0.15) is 17.8 Å². The van der Waals surface area contributed by atoms with Gasteiger partial charge in [-0.05, 0) is 77.8 Å². The Kier molecular flexibility index (Phi) is 3.18. The zero-order valence-electron chi connectivity index (χ0n) is 35.4. The molecule has 200 valence electrons. The lowest BCUT2D eigenvalue weighted by Gasteiger charge is -2.19.